The van der Waals surface area contributed by atoms with Gasteiger partial charge in [0.1, 0.15) is 0 Å². The van der Waals surface area contributed by atoms with E-state index < -0.39 is 5.91 Å². The predicted molar refractivity (Wildman–Crippen MR) is 79.3 cm³/mol. The monoisotopic (exact) mass is 294 g/mol. The third kappa shape index (κ3) is 4.42. The Morgan fingerprint density at radius 3 is 2.55 bits per heavy atom. The van der Waals surface area contributed by atoms with E-state index in [1.54, 1.807) is 42.6 Å². The van der Waals surface area contributed by atoms with E-state index in [-0.39, 0.29) is 12.3 Å². The Labute approximate surface area is 127 Å². The molecule has 0 radical (unpaired) electrons. The average molecular weight is 294 g/mol. The van der Waals surface area contributed by atoms with Crippen LogP contribution in [0.1, 0.15) is 27.9 Å². The number of aryl methyl sites for hydroxylation is 1. The summed E-state index contributed by atoms with van der Waals surface area (Å²) in [6, 6.07) is 12.3. The summed E-state index contributed by atoms with van der Waals surface area (Å²) in [6.45, 7) is 0. The number of carbonyl (C=O) groups is 2. The summed E-state index contributed by atoms with van der Waals surface area (Å²) in [5.41, 5.74) is 6.59. The lowest BCUT2D eigenvalue weighted by molar-refractivity contribution is -0.121. The van der Waals surface area contributed by atoms with Crippen molar-refractivity contribution in [3.63, 3.8) is 0 Å². The number of rotatable bonds is 4. The van der Waals surface area contributed by atoms with E-state index >= 15 is 0 Å². The number of aromatic nitrogens is 1. The number of hydrogen-bond donors (Lipinski definition) is 2. The van der Waals surface area contributed by atoms with E-state index in [0.717, 1.165) is 5.56 Å². The zero-order valence-electron chi connectivity index (χ0n) is 11.7. The summed E-state index contributed by atoms with van der Waals surface area (Å²) >= 11 is 0. The van der Waals surface area contributed by atoms with E-state index in [1.165, 1.54) is 6.20 Å². The van der Waals surface area contributed by atoms with Crippen molar-refractivity contribution < 1.29 is 9.59 Å². The molecule has 6 nitrogen and oxygen atoms in total. The lowest BCUT2D eigenvalue weighted by Gasteiger charge is -2.07. The average Bonchev–Trinajstić information content (AvgIpc) is 2.59. The van der Waals surface area contributed by atoms with Crippen molar-refractivity contribution in [2.24, 2.45) is 0 Å². The Hall–Kier alpha value is -3.20. The number of hydrazine groups is 1. The summed E-state index contributed by atoms with van der Waals surface area (Å²) in [6.07, 6.45) is 3.74. The molecular weight excluding hydrogens is 280 g/mol. The van der Waals surface area contributed by atoms with Crippen LogP contribution in [0, 0.1) is 11.3 Å². The maximum Gasteiger partial charge on any atom is 0.271 e. The zero-order chi connectivity index (χ0) is 15.8. The number of amides is 2. The van der Waals surface area contributed by atoms with Gasteiger partial charge in [-0.2, -0.15) is 5.26 Å². The van der Waals surface area contributed by atoms with Crippen LogP contribution in [-0.2, 0) is 11.2 Å². The Balaban J connectivity index is 1.76. The number of carbonyl (C=O) groups excluding carboxylic acids is 2. The molecule has 0 bridgehead atoms. The molecule has 0 fully saturated rings. The number of benzene rings is 1. The number of hydrogen-bond acceptors (Lipinski definition) is 4. The molecule has 0 spiro atoms. The van der Waals surface area contributed by atoms with Crippen LogP contribution in [0.2, 0.25) is 0 Å². The van der Waals surface area contributed by atoms with Crippen molar-refractivity contribution in [1.82, 2.24) is 15.8 Å². The van der Waals surface area contributed by atoms with E-state index in [2.05, 4.69) is 15.8 Å². The fraction of sp³-hybridized carbons (Fsp3) is 0.125. The topological polar surface area (TPSA) is 94.9 Å². The van der Waals surface area contributed by atoms with Gasteiger partial charge in [-0.25, -0.2) is 0 Å². The molecule has 0 aliphatic carbocycles. The molecule has 6 heteroatoms. The van der Waals surface area contributed by atoms with Crippen molar-refractivity contribution in [2.45, 2.75) is 12.8 Å². The molecule has 2 aromatic rings. The maximum atomic E-state index is 11.7. The fourth-order valence-electron chi connectivity index (χ4n) is 1.76. The van der Waals surface area contributed by atoms with Gasteiger partial charge in [0.2, 0.25) is 5.91 Å². The van der Waals surface area contributed by atoms with Gasteiger partial charge in [0.15, 0.2) is 0 Å². The van der Waals surface area contributed by atoms with E-state index in [4.69, 9.17) is 5.26 Å². The number of pyridine rings is 1. The highest BCUT2D eigenvalue weighted by Crippen LogP contribution is 2.05. The summed E-state index contributed by atoms with van der Waals surface area (Å²) < 4.78 is 0. The predicted octanol–water partition coefficient (Wildman–Crippen LogP) is 1.35. The van der Waals surface area contributed by atoms with Crippen molar-refractivity contribution in [3.05, 3.63) is 65.5 Å². The molecule has 0 aliphatic rings. The number of nitrogens with one attached hydrogen (secondary N) is 2. The van der Waals surface area contributed by atoms with Crippen LogP contribution in [0.4, 0.5) is 0 Å². The smallest absolute Gasteiger partial charge is 0.271 e. The van der Waals surface area contributed by atoms with Gasteiger partial charge < -0.3 is 0 Å². The first-order valence-electron chi connectivity index (χ1n) is 6.67. The van der Waals surface area contributed by atoms with Crippen molar-refractivity contribution in [3.8, 4) is 6.07 Å². The normalized spacial score (nSPS) is 9.59. The van der Waals surface area contributed by atoms with Crippen LogP contribution in [0.25, 0.3) is 0 Å². The molecule has 1 aromatic carbocycles. The largest absolute Gasteiger partial charge is 0.273 e. The highest BCUT2D eigenvalue weighted by atomic mass is 16.2. The molecule has 22 heavy (non-hydrogen) atoms. The highest BCUT2D eigenvalue weighted by molar-refractivity contribution is 5.95. The van der Waals surface area contributed by atoms with Gasteiger partial charge in [-0.3, -0.25) is 25.4 Å². The van der Waals surface area contributed by atoms with Gasteiger partial charge in [-0.15, -0.1) is 0 Å². The molecule has 0 aliphatic heterocycles. The Morgan fingerprint density at radius 2 is 1.91 bits per heavy atom. The minimum absolute atomic E-state index is 0.235. The van der Waals surface area contributed by atoms with Crippen molar-refractivity contribution >= 4 is 11.8 Å². The Kier molecular flexibility index (Phi) is 5.21. The second kappa shape index (κ2) is 7.55. The third-order valence-electron chi connectivity index (χ3n) is 2.96. The van der Waals surface area contributed by atoms with Gasteiger partial charge in [0, 0.05) is 18.8 Å². The number of nitriles is 1. The molecule has 0 atom stereocenters. The molecule has 2 amide bonds. The van der Waals surface area contributed by atoms with Crippen LogP contribution in [-0.4, -0.2) is 16.8 Å². The van der Waals surface area contributed by atoms with Crippen LogP contribution in [0.3, 0.4) is 0 Å². The summed E-state index contributed by atoms with van der Waals surface area (Å²) in [5.74, 6) is -0.707. The van der Waals surface area contributed by atoms with E-state index in [0.29, 0.717) is 17.5 Å². The van der Waals surface area contributed by atoms with Crippen LogP contribution < -0.4 is 10.9 Å². The lowest BCUT2D eigenvalue weighted by atomic mass is 10.1. The first kappa shape index (κ1) is 15.2. The zero-order valence-corrected chi connectivity index (χ0v) is 11.7. The maximum absolute atomic E-state index is 11.7. The van der Waals surface area contributed by atoms with Crippen LogP contribution in [0.5, 0.6) is 0 Å². The first-order valence-corrected chi connectivity index (χ1v) is 6.67. The molecule has 1 aromatic heterocycles. The molecule has 0 unspecified atom stereocenters. The van der Waals surface area contributed by atoms with Gasteiger partial charge in [-0.1, -0.05) is 12.1 Å². The second-order valence-corrected chi connectivity index (χ2v) is 4.55. The van der Waals surface area contributed by atoms with Gasteiger partial charge in [0.25, 0.3) is 5.91 Å². The molecule has 110 valence electrons. The molecule has 0 saturated heterocycles. The standard InChI is InChI=1S/C16H14N4O2/c17-10-13-5-3-12(4-6-13)7-8-15(21)19-20-16(22)14-2-1-9-18-11-14/h1-6,9,11H,7-8H2,(H,19,21)(H,20,22). The van der Waals surface area contributed by atoms with Gasteiger partial charge in [0.05, 0.1) is 17.2 Å². The Bertz CT molecular complexity index is 690. The van der Waals surface area contributed by atoms with E-state index in [1.807, 2.05) is 6.07 Å². The SMILES string of the molecule is N#Cc1ccc(CCC(=O)NNC(=O)c2cccnc2)cc1. The minimum atomic E-state index is -0.417. The van der Waals surface area contributed by atoms with Crippen LogP contribution >= 0.6 is 0 Å². The molecule has 2 rings (SSSR count). The van der Waals surface area contributed by atoms with E-state index in [9.17, 15) is 9.59 Å². The van der Waals surface area contributed by atoms with Crippen molar-refractivity contribution in [2.75, 3.05) is 0 Å². The molecular formula is C16H14N4O2. The fourth-order valence-corrected chi connectivity index (χ4v) is 1.76. The Morgan fingerprint density at radius 1 is 1.14 bits per heavy atom. The summed E-state index contributed by atoms with van der Waals surface area (Å²) in [7, 11) is 0. The van der Waals surface area contributed by atoms with Crippen molar-refractivity contribution in [1.29, 1.82) is 5.26 Å². The minimum Gasteiger partial charge on any atom is -0.273 e. The highest BCUT2D eigenvalue weighted by Gasteiger charge is 2.07. The van der Waals surface area contributed by atoms with Gasteiger partial charge >= 0.3 is 0 Å². The van der Waals surface area contributed by atoms with Crippen LogP contribution in [0.15, 0.2) is 48.8 Å². The third-order valence-corrected chi connectivity index (χ3v) is 2.96. The summed E-state index contributed by atoms with van der Waals surface area (Å²) in [5, 5.41) is 8.70. The van der Waals surface area contributed by atoms with Gasteiger partial charge in [-0.05, 0) is 36.2 Å². The number of nitrogens with zero attached hydrogens (tertiary/aromatic N) is 2. The second-order valence-electron chi connectivity index (χ2n) is 4.55. The lowest BCUT2D eigenvalue weighted by Crippen LogP contribution is -2.41. The quantitative estimate of drug-likeness (QED) is 0.832. The molecule has 1 heterocycles. The summed E-state index contributed by atoms with van der Waals surface area (Å²) in [4.78, 5) is 27.2. The molecule has 2 N–H and O–H groups in total. The molecule has 0 saturated carbocycles. The first-order chi connectivity index (χ1) is 10.7.